The van der Waals surface area contributed by atoms with Gasteiger partial charge in [-0.05, 0) is 31.4 Å². The van der Waals surface area contributed by atoms with E-state index in [9.17, 15) is 4.79 Å². The number of rotatable bonds is 5. The summed E-state index contributed by atoms with van der Waals surface area (Å²) in [6, 6.07) is 0.372. The first kappa shape index (κ1) is 13.1. The highest BCUT2D eigenvalue weighted by Gasteiger charge is 2.15. The molecular formula is C13H22N4O. The second kappa shape index (κ2) is 6.54. The molecule has 0 spiro atoms. The Morgan fingerprint density at radius 1 is 1.61 bits per heavy atom. The van der Waals surface area contributed by atoms with Gasteiger partial charge in [0.15, 0.2) is 0 Å². The predicted octanol–water partition coefficient (Wildman–Crippen LogP) is 0.611. The maximum absolute atomic E-state index is 11.7. The van der Waals surface area contributed by atoms with Gasteiger partial charge in [0.25, 0.3) is 0 Å². The molecule has 1 saturated heterocycles. The van der Waals surface area contributed by atoms with Crippen LogP contribution < -0.4 is 10.6 Å². The molecule has 1 atom stereocenters. The third-order valence-electron chi connectivity index (χ3n) is 3.34. The first-order valence-corrected chi connectivity index (χ1v) is 6.71. The van der Waals surface area contributed by atoms with Gasteiger partial charge in [-0.3, -0.25) is 9.48 Å². The van der Waals surface area contributed by atoms with Crippen LogP contribution in [0.3, 0.4) is 0 Å². The van der Waals surface area contributed by atoms with Gasteiger partial charge in [0.2, 0.25) is 5.91 Å². The van der Waals surface area contributed by atoms with Crippen LogP contribution in [0.15, 0.2) is 12.4 Å². The Balaban J connectivity index is 1.62. The smallest absolute Gasteiger partial charge is 0.221 e. The molecule has 1 aromatic heterocycles. The molecule has 2 N–H and O–H groups in total. The Hall–Kier alpha value is -1.36. The quantitative estimate of drug-likeness (QED) is 0.805. The van der Waals surface area contributed by atoms with E-state index in [4.69, 9.17) is 0 Å². The van der Waals surface area contributed by atoms with Crippen molar-refractivity contribution in [2.45, 2.75) is 38.1 Å². The van der Waals surface area contributed by atoms with Gasteiger partial charge >= 0.3 is 0 Å². The molecule has 1 amide bonds. The molecule has 1 aliphatic heterocycles. The number of aromatic nitrogens is 2. The van der Waals surface area contributed by atoms with Gasteiger partial charge in [0, 0.05) is 32.3 Å². The highest BCUT2D eigenvalue weighted by Crippen LogP contribution is 2.09. The van der Waals surface area contributed by atoms with E-state index in [1.807, 2.05) is 19.4 Å². The number of aryl methyl sites for hydroxylation is 1. The van der Waals surface area contributed by atoms with Crippen LogP contribution in [0.1, 0.15) is 31.2 Å². The van der Waals surface area contributed by atoms with Crippen molar-refractivity contribution >= 4 is 5.91 Å². The molecule has 0 bridgehead atoms. The van der Waals surface area contributed by atoms with Gasteiger partial charge in [-0.2, -0.15) is 5.10 Å². The largest absolute Gasteiger partial charge is 0.356 e. The molecule has 100 valence electrons. The summed E-state index contributed by atoms with van der Waals surface area (Å²) in [6.07, 6.45) is 8.87. The van der Waals surface area contributed by atoms with E-state index < -0.39 is 0 Å². The summed E-state index contributed by atoms with van der Waals surface area (Å²) in [4.78, 5) is 11.7. The average molecular weight is 250 g/mol. The number of carbonyl (C=O) groups excluding carboxylic acids is 1. The summed E-state index contributed by atoms with van der Waals surface area (Å²) in [5.74, 6) is 0.151. The SMILES string of the molecule is Cn1cc(CCNC(=O)CC2CCCCN2)cn1. The van der Waals surface area contributed by atoms with Gasteiger partial charge in [0.1, 0.15) is 0 Å². The zero-order valence-electron chi connectivity index (χ0n) is 11.0. The predicted molar refractivity (Wildman–Crippen MR) is 70.2 cm³/mol. The Bertz CT molecular complexity index is 382. The van der Waals surface area contributed by atoms with Crippen LogP contribution in [0.4, 0.5) is 0 Å². The van der Waals surface area contributed by atoms with Gasteiger partial charge in [-0.15, -0.1) is 0 Å². The molecule has 0 aliphatic carbocycles. The maximum atomic E-state index is 11.7. The standard InChI is InChI=1S/C13H22N4O/c1-17-10-11(9-16-17)5-7-15-13(18)8-12-4-2-3-6-14-12/h9-10,12,14H,2-8H2,1H3,(H,15,18). The molecule has 1 fully saturated rings. The molecule has 18 heavy (non-hydrogen) atoms. The van der Waals surface area contributed by atoms with Crippen molar-refractivity contribution in [1.82, 2.24) is 20.4 Å². The molecule has 5 nitrogen and oxygen atoms in total. The van der Waals surface area contributed by atoms with Crippen LogP contribution in [-0.4, -0.2) is 34.8 Å². The zero-order chi connectivity index (χ0) is 12.8. The number of hydrogen-bond donors (Lipinski definition) is 2. The average Bonchev–Trinajstić information content (AvgIpc) is 2.76. The number of piperidine rings is 1. The summed E-state index contributed by atoms with van der Waals surface area (Å²) in [7, 11) is 1.90. The number of nitrogens with one attached hydrogen (secondary N) is 2. The normalized spacial score (nSPS) is 19.7. The molecule has 2 rings (SSSR count). The fourth-order valence-corrected chi connectivity index (χ4v) is 2.34. The van der Waals surface area contributed by atoms with Crippen LogP contribution in [0.5, 0.6) is 0 Å². The fraction of sp³-hybridized carbons (Fsp3) is 0.692. The second-order valence-corrected chi connectivity index (χ2v) is 4.97. The van der Waals surface area contributed by atoms with E-state index in [-0.39, 0.29) is 5.91 Å². The van der Waals surface area contributed by atoms with Gasteiger partial charge in [0.05, 0.1) is 6.20 Å². The molecule has 0 aromatic carbocycles. The first-order chi connectivity index (χ1) is 8.74. The van der Waals surface area contributed by atoms with Gasteiger partial charge in [-0.25, -0.2) is 0 Å². The van der Waals surface area contributed by atoms with Crippen LogP contribution >= 0.6 is 0 Å². The Kier molecular flexibility index (Phi) is 4.75. The minimum atomic E-state index is 0.151. The Morgan fingerprint density at radius 3 is 3.17 bits per heavy atom. The lowest BCUT2D eigenvalue weighted by molar-refractivity contribution is -0.121. The Morgan fingerprint density at radius 2 is 2.50 bits per heavy atom. The fourth-order valence-electron chi connectivity index (χ4n) is 2.34. The lowest BCUT2D eigenvalue weighted by atomic mass is 10.0. The van der Waals surface area contributed by atoms with Crippen LogP contribution in [0.25, 0.3) is 0 Å². The van der Waals surface area contributed by atoms with Crippen molar-refractivity contribution < 1.29 is 4.79 Å². The molecular weight excluding hydrogens is 228 g/mol. The molecule has 2 heterocycles. The van der Waals surface area contributed by atoms with Crippen molar-refractivity contribution in [1.29, 1.82) is 0 Å². The minimum Gasteiger partial charge on any atom is -0.356 e. The summed E-state index contributed by atoms with van der Waals surface area (Å²) < 4.78 is 1.78. The van der Waals surface area contributed by atoms with Gasteiger partial charge in [-0.1, -0.05) is 6.42 Å². The van der Waals surface area contributed by atoms with Crippen molar-refractivity contribution in [2.75, 3.05) is 13.1 Å². The lowest BCUT2D eigenvalue weighted by Gasteiger charge is -2.22. The van der Waals surface area contributed by atoms with E-state index in [0.29, 0.717) is 19.0 Å². The van der Waals surface area contributed by atoms with E-state index >= 15 is 0 Å². The van der Waals surface area contributed by atoms with Crippen LogP contribution in [-0.2, 0) is 18.3 Å². The minimum absolute atomic E-state index is 0.151. The second-order valence-electron chi connectivity index (χ2n) is 4.97. The zero-order valence-corrected chi connectivity index (χ0v) is 11.0. The summed E-state index contributed by atoms with van der Waals surface area (Å²) in [5, 5.41) is 10.5. The van der Waals surface area contributed by atoms with Crippen LogP contribution in [0, 0.1) is 0 Å². The van der Waals surface area contributed by atoms with Crippen molar-refractivity contribution in [3.63, 3.8) is 0 Å². The molecule has 5 heteroatoms. The Labute approximate surface area is 108 Å². The molecule has 1 aliphatic rings. The highest BCUT2D eigenvalue weighted by atomic mass is 16.1. The third kappa shape index (κ3) is 4.14. The number of hydrogen-bond acceptors (Lipinski definition) is 3. The molecule has 0 saturated carbocycles. The number of carbonyl (C=O) groups is 1. The highest BCUT2D eigenvalue weighted by molar-refractivity contribution is 5.76. The van der Waals surface area contributed by atoms with E-state index in [1.54, 1.807) is 4.68 Å². The monoisotopic (exact) mass is 250 g/mol. The third-order valence-corrected chi connectivity index (χ3v) is 3.34. The molecule has 1 unspecified atom stereocenters. The summed E-state index contributed by atoms with van der Waals surface area (Å²) in [5.41, 5.74) is 1.16. The number of nitrogens with zero attached hydrogens (tertiary/aromatic N) is 2. The maximum Gasteiger partial charge on any atom is 0.221 e. The van der Waals surface area contributed by atoms with Crippen molar-refractivity contribution in [3.8, 4) is 0 Å². The molecule has 1 aromatic rings. The first-order valence-electron chi connectivity index (χ1n) is 6.71. The lowest BCUT2D eigenvalue weighted by Crippen LogP contribution is -2.39. The molecule has 0 radical (unpaired) electrons. The van der Waals surface area contributed by atoms with Crippen molar-refractivity contribution in [3.05, 3.63) is 18.0 Å². The van der Waals surface area contributed by atoms with Gasteiger partial charge < -0.3 is 10.6 Å². The van der Waals surface area contributed by atoms with Crippen LogP contribution in [0.2, 0.25) is 0 Å². The summed E-state index contributed by atoms with van der Waals surface area (Å²) in [6.45, 7) is 1.74. The van der Waals surface area contributed by atoms with E-state index in [1.165, 1.54) is 12.8 Å². The van der Waals surface area contributed by atoms with E-state index in [0.717, 1.165) is 24.9 Å². The van der Waals surface area contributed by atoms with E-state index in [2.05, 4.69) is 15.7 Å². The number of amides is 1. The summed E-state index contributed by atoms with van der Waals surface area (Å²) >= 11 is 0. The topological polar surface area (TPSA) is 59.0 Å². The van der Waals surface area contributed by atoms with Crippen molar-refractivity contribution in [2.24, 2.45) is 7.05 Å².